The molecule has 1 rings (SSSR count). The highest BCUT2D eigenvalue weighted by Crippen LogP contribution is 2.11. The monoisotopic (exact) mass is 282 g/mol. The second-order valence-corrected chi connectivity index (χ2v) is 3.47. The summed E-state index contributed by atoms with van der Waals surface area (Å²) < 4.78 is 25.0. The lowest BCUT2D eigenvalue weighted by Crippen LogP contribution is -1.96. The molecule has 0 radical (unpaired) electrons. The van der Waals surface area contributed by atoms with Crippen molar-refractivity contribution in [2.24, 2.45) is 0 Å². The number of hydrogen-bond acceptors (Lipinski definition) is 1. The van der Waals surface area contributed by atoms with Crippen molar-refractivity contribution < 1.29 is 13.6 Å². The van der Waals surface area contributed by atoms with Gasteiger partial charge in [0.15, 0.2) is 3.79 Å². The molecule has 0 N–H and O–H groups in total. The summed E-state index contributed by atoms with van der Waals surface area (Å²) in [4.78, 5) is 10.6. The fourth-order valence-corrected chi connectivity index (χ4v) is 1.23. The zero-order valence-corrected chi connectivity index (χ0v) is 8.14. The summed E-state index contributed by atoms with van der Waals surface area (Å²) in [6.45, 7) is 0. The van der Waals surface area contributed by atoms with Gasteiger partial charge >= 0.3 is 0 Å². The Hall–Kier alpha value is -0.520. The van der Waals surface area contributed by atoms with Crippen LogP contribution in [0.2, 0.25) is 0 Å². The predicted octanol–water partition coefficient (Wildman–Crippen LogP) is 2.47. The molecule has 0 atom stereocenters. The molecule has 0 unspecified atom stereocenters. The van der Waals surface area contributed by atoms with Crippen molar-refractivity contribution >= 4 is 26.4 Å². The minimum atomic E-state index is -0.667. The van der Waals surface area contributed by atoms with Crippen molar-refractivity contribution in [3.8, 4) is 0 Å². The fourth-order valence-electron chi connectivity index (χ4n) is 0.815. The first kappa shape index (κ1) is 9.57. The van der Waals surface area contributed by atoms with Crippen LogP contribution in [0.5, 0.6) is 0 Å². The second-order valence-electron chi connectivity index (χ2n) is 2.27. The van der Waals surface area contributed by atoms with Gasteiger partial charge in [-0.2, -0.15) is 0 Å². The number of halogens is 3. The lowest BCUT2D eigenvalue weighted by atomic mass is 10.1. The van der Waals surface area contributed by atoms with Crippen LogP contribution >= 0.6 is 22.6 Å². The Bertz CT molecular complexity index is 312. The Balaban J connectivity index is 2.93. The molecule has 1 aromatic carbocycles. The third kappa shape index (κ3) is 2.51. The normalized spacial score (nSPS) is 9.92. The molecule has 0 heterocycles. The van der Waals surface area contributed by atoms with E-state index >= 15 is 0 Å². The minimum absolute atomic E-state index is 0.00662. The highest BCUT2D eigenvalue weighted by Gasteiger charge is 2.05. The summed E-state index contributed by atoms with van der Waals surface area (Å²) in [7, 11) is 0. The average molecular weight is 282 g/mol. The van der Waals surface area contributed by atoms with Gasteiger partial charge in [-0.1, -0.05) is 6.07 Å². The Labute approximate surface area is 81.9 Å². The predicted molar refractivity (Wildman–Crippen MR) is 49.1 cm³/mol. The highest BCUT2D eigenvalue weighted by atomic mass is 127. The first-order chi connectivity index (χ1) is 5.59. The third-order valence-corrected chi connectivity index (χ3v) is 1.73. The lowest BCUT2D eigenvalue weighted by molar-refractivity contribution is -0.108. The van der Waals surface area contributed by atoms with Gasteiger partial charge in [0.2, 0.25) is 0 Å². The van der Waals surface area contributed by atoms with Crippen molar-refractivity contribution in [2.45, 2.75) is 6.42 Å². The molecule has 0 saturated heterocycles. The largest absolute Gasteiger partial charge is 0.287 e. The van der Waals surface area contributed by atoms with E-state index < -0.39 is 11.6 Å². The molecule has 64 valence electrons. The Morgan fingerprint density at radius 1 is 1.42 bits per heavy atom. The summed E-state index contributed by atoms with van der Waals surface area (Å²) in [5, 5.41) is 0. The first-order valence-electron chi connectivity index (χ1n) is 3.22. The molecule has 0 saturated carbocycles. The number of rotatable bonds is 2. The zero-order valence-electron chi connectivity index (χ0n) is 5.98. The maximum atomic E-state index is 12.8. The van der Waals surface area contributed by atoms with Crippen molar-refractivity contribution in [2.75, 3.05) is 0 Å². The Morgan fingerprint density at radius 2 is 2.08 bits per heavy atom. The Kier molecular flexibility index (Phi) is 3.13. The topological polar surface area (TPSA) is 17.1 Å². The standard InChI is InChI=1S/C8H5F2IO/c9-6-2-1-5(3-8(11)12)7(10)4-6/h1-2,4H,3H2. The van der Waals surface area contributed by atoms with E-state index in [4.69, 9.17) is 0 Å². The van der Waals surface area contributed by atoms with Gasteiger partial charge in [0, 0.05) is 12.5 Å². The molecule has 0 aliphatic rings. The van der Waals surface area contributed by atoms with Gasteiger partial charge < -0.3 is 0 Å². The van der Waals surface area contributed by atoms with Crippen LogP contribution in [0.4, 0.5) is 8.78 Å². The van der Waals surface area contributed by atoms with E-state index in [9.17, 15) is 13.6 Å². The van der Waals surface area contributed by atoms with Crippen LogP contribution in [0.3, 0.4) is 0 Å². The minimum Gasteiger partial charge on any atom is -0.287 e. The third-order valence-electron chi connectivity index (χ3n) is 1.34. The molecule has 4 heteroatoms. The van der Waals surface area contributed by atoms with Crippen LogP contribution < -0.4 is 0 Å². The molecule has 0 spiro atoms. The van der Waals surface area contributed by atoms with Crippen molar-refractivity contribution in [3.63, 3.8) is 0 Å². The molecule has 1 nitrogen and oxygen atoms in total. The molecular weight excluding hydrogens is 277 g/mol. The van der Waals surface area contributed by atoms with Crippen molar-refractivity contribution in [3.05, 3.63) is 35.4 Å². The maximum Gasteiger partial charge on any atom is 0.196 e. The van der Waals surface area contributed by atoms with E-state index in [0.29, 0.717) is 0 Å². The second kappa shape index (κ2) is 3.93. The van der Waals surface area contributed by atoms with E-state index in [2.05, 4.69) is 0 Å². The first-order valence-corrected chi connectivity index (χ1v) is 4.29. The van der Waals surface area contributed by atoms with Crippen LogP contribution in [0.25, 0.3) is 0 Å². The van der Waals surface area contributed by atoms with Gasteiger partial charge in [0.1, 0.15) is 11.6 Å². The number of hydrogen-bond donors (Lipinski definition) is 0. The molecule has 0 aromatic heterocycles. The van der Waals surface area contributed by atoms with E-state index in [-0.39, 0.29) is 15.8 Å². The number of carbonyl (C=O) groups is 1. The van der Waals surface area contributed by atoms with Crippen molar-refractivity contribution in [1.82, 2.24) is 0 Å². The number of benzene rings is 1. The quantitative estimate of drug-likeness (QED) is 0.601. The molecule has 0 amide bonds. The summed E-state index contributed by atoms with van der Waals surface area (Å²) in [6.07, 6.45) is 0.00662. The average Bonchev–Trinajstić information content (AvgIpc) is 1.94. The van der Waals surface area contributed by atoms with Gasteiger partial charge in [0.05, 0.1) is 0 Å². The Morgan fingerprint density at radius 3 is 2.58 bits per heavy atom. The SMILES string of the molecule is O=C(I)Cc1ccc(F)cc1F. The van der Waals surface area contributed by atoms with Gasteiger partial charge in [-0.05, 0) is 34.2 Å². The van der Waals surface area contributed by atoms with Crippen LogP contribution in [-0.2, 0) is 11.2 Å². The summed E-state index contributed by atoms with van der Waals surface area (Å²) >= 11 is 1.57. The van der Waals surface area contributed by atoms with Gasteiger partial charge in [-0.25, -0.2) is 8.78 Å². The van der Waals surface area contributed by atoms with Crippen LogP contribution in [0, 0.1) is 11.6 Å². The molecule has 12 heavy (non-hydrogen) atoms. The van der Waals surface area contributed by atoms with E-state index in [0.717, 1.165) is 12.1 Å². The molecule has 0 aliphatic heterocycles. The van der Waals surface area contributed by atoms with Crippen LogP contribution in [-0.4, -0.2) is 3.79 Å². The molecule has 1 aromatic rings. The molecule has 0 aliphatic carbocycles. The van der Waals surface area contributed by atoms with Crippen LogP contribution in [0.15, 0.2) is 18.2 Å². The summed E-state index contributed by atoms with van der Waals surface area (Å²) in [5.41, 5.74) is 0.232. The van der Waals surface area contributed by atoms with Crippen LogP contribution in [0.1, 0.15) is 5.56 Å². The maximum absolute atomic E-state index is 12.8. The smallest absolute Gasteiger partial charge is 0.196 e. The van der Waals surface area contributed by atoms with E-state index in [1.807, 2.05) is 0 Å². The zero-order chi connectivity index (χ0) is 9.14. The summed E-state index contributed by atoms with van der Waals surface area (Å²) in [5.74, 6) is -1.29. The van der Waals surface area contributed by atoms with E-state index in [1.54, 1.807) is 22.6 Å². The fraction of sp³-hybridized carbons (Fsp3) is 0.125. The highest BCUT2D eigenvalue weighted by molar-refractivity contribution is 14.1. The molecule has 0 fully saturated rings. The molecule has 0 bridgehead atoms. The number of carbonyl (C=O) groups excluding carboxylic acids is 1. The van der Waals surface area contributed by atoms with Gasteiger partial charge in [-0.15, -0.1) is 0 Å². The van der Waals surface area contributed by atoms with Gasteiger partial charge in [-0.3, -0.25) is 4.79 Å². The lowest BCUT2D eigenvalue weighted by Gasteiger charge is -1.98. The van der Waals surface area contributed by atoms with E-state index in [1.165, 1.54) is 6.07 Å². The molecular formula is C8H5F2IO. The van der Waals surface area contributed by atoms with Crippen molar-refractivity contribution in [1.29, 1.82) is 0 Å². The van der Waals surface area contributed by atoms with Gasteiger partial charge in [0.25, 0.3) is 0 Å². The summed E-state index contributed by atoms with van der Waals surface area (Å²) in [6, 6.07) is 3.19.